The minimum Gasteiger partial charge on any atom is -0.744 e. The molecule has 0 fully saturated rings. The number of hydrogen-bond acceptors (Lipinski definition) is 18. The average Bonchev–Trinajstić information content (AvgIpc) is 1.62. The first-order chi connectivity index (χ1) is 42.8. The van der Waals surface area contributed by atoms with Crippen molar-refractivity contribution in [2.45, 2.75) is 9.79 Å². The van der Waals surface area contributed by atoms with Crippen LogP contribution in [0.3, 0.4) is 0 Å². The van der Waals surface area contributed by atoms with Gasteiger partial charge in [-0.1, -0.05) is 170 Å². The Hall–Kier alpha value is -7.18. The van der Waals surface area contributed by atoms with Gasteiger partial charge < -0.3 is 68.9 Å². The topological polar surface area (TPSA) is 325 Å². The van der Waals surface area contributed by atoms with E-state index < -0.39 is 30.0 Å². The second kappa shape index (κ2) is 25.5. The molecule has 0 saturated carbocycles. The van der Waals surface area contributed by atoms with E-state index >= 15 is 0 Å². The Balaban J connectivity index is 0.000000170. The summed E-state index contributed by atoms with van der Waals surface area (Å²) in [5.41, 5.74) is 7.76. The van der Waals surface area contributed by atoms with Crippen LogP contribution in [-0.2, 0) is 37.3 Å². The zero-order valence-electron chi connectivity index (χ0n) is 49.0. The molecule has 0 atom stereocenters. The number of nitrogens with zero attached hydrogens (tertiary/aromatic N) is 16. The summed E-state index contributed by atoms with van der Waals surface area (Å²) < 4.78 is 74.4. The van der Waals surface area contributed by atoms with Crippen LogP contribution in [0.15, 0.2) is 192 Å². The Morgan fingerprint density at radius 3 is 0.645 bits per heavy atom. The molecule has 0 amide bonds. The molecule has 1 radical (unpaired) electrons. The zero-order valence-corrected chi connectivity index (χ0v) is 59.6. The van der Waals surface area contributed by atoms with Crippen molar-refractivity contribution in [2.24, 2.45) is 0 Å². The van der Waals surface area contributed by atoms with Gasteiger partial charge in [-0.3, -0.25) is 0 Å². The Bertz CT molecular complexity index is 5720. The summed E-state index contributed by atoms with van der Waals surface area (Å²) in [6.45, 7) is 0. The molecule has 0 N–H and O–H groups in total. The van der Waals surface area contributed by atoms with Crippen LogP contribution in [0.5, 0.6) is 0 Å². The second-order valence-corrected chi connectivity index (χ2v) is 23.2. The van der Waals surface area contributed by atoms with Crippen LogP contribution < -0.4 is 138 Å². The second-order valence-electron chi connectivity index (χ2n) is 20.5. The Labute approximate surface area is 624 Å². The average molecular weight is 1340 g/mol. The maximum absolute atomic E-state index is 12.4. The zero-order chi connectivity index (χ0) is 59.2. The molecule has 18 rings (SSSR count). The van der Waals surface area contributed by atoms with Gasteiger partial charge in [0.1, 0.15) is 20.2 Å². The van der Waals surface area contributed by atoms with E-state index in [1.807, 2.05) is 146 Å². The summed E-state index contributed by atoms with van der Waals surface area (Å²) in [4.78, 5) is 75.4. The van der Waals surface area contributed by atoms with Gasteiger partial charge in [-0.2, -0.15) is 0 Å². The minimum atomic E-state index is -4.89. The summed E-state index contributed by atoms with van der Waals surface area (Å²) in [6.07, 6.45) is 0. The molecule has 10 heterocycles. The molecule has 0 aliphatic carbocycles. The molecule has 16 bridgehead atoms. The molecule has 29 heteroatoms. The molecule has 22 nitrogen and oxygen atoms in total. The molecule has 8 aromatic carbocycles. The number of benzene rings is 8. The van der Waals surface area contributed by atoms with Crippen LogP contribution in [0, 0.1) is 0 Å². The van der Waals surface area contributed by atoms with Crippen LogP contribution in [0.25, 0.3) is 179 Å². The van der Waals surface area contributed by atoms with Crippen molar-refractivity contribution < 1.29 is 161 Å². The standard InChI is InChI=1S/2C32H16N8O3S.Cu.4Na/c2*41-44(42,43)23-15-7-14-22-24(23)32-39-30-21-13-6-5-12-20(21)28(37-30)35-26-17-9-2-1-8-16(17)25(33-26)34-27-18-10-3-4-11-19(18)29(36-27)38-31(22)40-32;;;;;/h2*1-15H,(H-2,33,34,35,36,37,38,39,40,41,42,43);;;;;/q2*-2;+2;4*+1/p-2. The Morgan fingerprint density at radius 2 is 0.419 bits per heavy atom. The van der Waals surface area contributed by atoms with Gasteiger partial charge in [0, 0.05) is 100 Å². The molecule has 0 saturated heterocycles. The molecule has 0 unspecified atom stereocenters. The monoisotopic (exact) mass is 1340 g/mol. The van der Waals surface area contributed by atoms with Gasteiger partial charge in [-0.05, 0) is 44.5 Å². The first kappa shape index (κ1) is 65.9. The van der Waals surface area contributed by atoms with E-state index in [2.05, 4.69) is 9.97 Å². The minimum absolute atomic E-state index is 0. The van der Waals surface area contributed by atoms with E-state index in [4.69, 9.17) is 69.8 Å². The first-order valence-electron chi connectivity index (χ1n) is 27.0. The van der Waals surface area contributed by atoms with Crippen LogP contribution in [0.2, 0.25) is 0 Å². The van der Waals surface area contributed by atoms with Gasteiger partial charge in [-0.15, -0.1) is 0 Å². The van der Waals surface area contributed by atoms with Crippen LogP contribution in [-0.4, -0.2) is 85.7 Å². The number of rotatable bonds is 2. The summed E-state index contributed by atoms with van der Waals surface area (Å²) in [5, 5.41) is 3.99. The Kier molecular flexibility index (Phi) is 18.1. The van der Waals surface area contributed by atoms with E-state index in [-0.39, 0.29) is 180 Å². The maximum Gasteiger partial charge on any atom is 2.00 e. The van der Waals surface area contributed by atoms with Gasteiger partial charge in [0.15, 0.2) is 0 Å². The van der Waals surface area contributed by atoms with Crippen molar-refractivity contribution in [1.82, 2.24) is 79.7 Å². The predicted octanol–water partition coefficient (Wildman–Crippen LogP) is -1.92. The SMILES string of the molecule is O=S(=O)([O-])c1cccc2c3nc4nc(nc5[n-]c(nc6nc(nc([n-]3)c12)-c1ccccc1-6)c1ccccc51)-c1ccccc1-4.O=S(=O)([O-])c1cccc2c3nc4nc(nc5[n-]c(nc6nc(nc([n-]3)c12)-c1ccccc1-6)c1ccccc51)-c1ccccc1-4.[Cu+2].[Na+].[Na+].[Na+].[Na+]. The van der Waals surface area contributed by atoms with Gasteiger partial charge in [-0.25, -0.2) is 36.8 Å². The van der Waals surface area contributed by atoms with Crippen molar-refractivity contribution in [1.29, 1.82) is 0 Å². The number of aromatic nitrogens is 16. The third kappa shape index (κ3) is 11.3. The van der Waals surface area contributed by atoms with Gasteiger partial charge >= 0.3 is 135 Å². The van der Waals surface area contributed by atoms with E-state index in [0.29, 0.717) is 102 Å². The smallest absolute Gasteiger partial charge is 0.744 e. The fourth-order valence-electron chi connectivity index (χ4n) is 11.5. The molecule has 429 valence electrons. The summed E-state index contributed by atoms with van der Waals surface area (Å²) in [5.74, 6) is 2.73. The van der Waals surface area contributed by atoms with Gasteiger partial charge in [0.2, 0.25) is 0 Å². The quantitative estimate of drug-likeness (QED) is 0.134. The third-order valence-electron chi connectivity index (χ3n) is 15.4. The molecule has 14 aromatic rings. The summed E-state index contributed by atoms with van der Waals surface area (Å²) in [7, 11) is -9.78. The molecular weight excluding hydrogens is 1310 g/mol. The summed E-state index contributed by atoms with van der Waals surface area (Å²) >= 11 is 0. The van der Waals surface area contributed by atoms with E-state index in [1.165, 1.54) is 24.3 Å². The van der Waals surface area contributed by atoms with Crippen molar-refractivity contribution >= 4 is 109 Å². The number of fused-ring (bicyclic) bond motifs is 40. The largest absolute Gasteiger partial charge is 2.00 e. The Morgan fingerprint density at radius 1 is 0.237 bits per heavy atom. The van der Waals surface area contributed by atoms with Gasteiger partial charge in [0.25, 0.3) is 0 Å². The van der Waals surface area contributed by atoms with E-state index in [9.17, 15) is 25.9 Å². The molecule has 0 spiro atoms. The fourth-order valence-corrected chi connectivity index (χ4v) is 12.9. The van der Waals surface area contributed by atoms with Crippen molar-refractivity contribution in [2.75, 3.05) is 0 Å². The van der Waals surface area contributed by atoms with Crippen LogP contribution in [0.1, 0.15) is 0 Å². The van der Waals surface area contributed by atoms with Crippen LogP contribution >= 0.6 is 0 Å². The van der Waals surface area contributed by atoms with E-state index in [1.54, 1.807) is 12.1 Å². The van der Waals surface area contributed by atoms with Gasteiger partial charge in [0.05, 0.1) is 56.4 Å². The van der Waals surface area contributed by atoms with E-state index in [0.717, 1.165) is 32.7 Å². The first-order valence-corrected chi connectivity index (χ1v) is 29.8. The van der Waals surface area contributed by atoms with Crippen LogP contribution in [0.4, 0.5) is 0 Å². The molecule has 6 aromatic heterocycles. The normalized spacial score (nSPS) is 11.7. The molecule has 93 heavy (non-hydrogen) atoms. The fraction of sp³-hybridized carbons (Fsp3) is 0. The summed E-state index contributed by atoms with van der Waals surface area (Å²) in [6, 6.07) is 54.0. The predicted molar refractivity (Wildman–Crippen MR) is 324 cm³/mol. The molecule has 4 aliphatic rings. The maximum atomic E-state index is 12.4. The number of hydrogen-bond donors (Lipinski definition) is 0. The van der Waals surface area contributed by atoms with Crippen molar-refractivity contribution in [3.63, 3.8) is 0 Å². The molecular formula is C64H30CuN16Na4O6S2. The third-order valence-corrected chi connectivity index (χ3v) is 17.1. The van der Waals surface area contributed by atoms with Crippen molar-refractivity contribution in [3.05, 3.63) is 182 Å². The van der Waals surface area contributed by atoms with Crippen molar-refractivity contribution in [3.8, 4) is 91.1 Å². The molecule has 4 aliphatic heterocycles.